The Morgan fingerprint density at radius 1 is 1.39 bits per heavy atom. The number of hydrogen-bond acceptors (Lipinski definition) is 4. The van der Waals surface area contributed by atoms with E-state index < -0.39 is 0 Å². The van der Waals surface area contributed by atoms with E-state index in [0.29, 0.717) is 10.8 Å². The molecule has 1 aromatic rings. The molecule has 0 radical (unpaired) electrons. The second-order valence-corrected chi connectivity index (χ2v) is 6.23. The Morgan fingerprint density at radius 2 is 2.33 bits per heavy atom. The Hall–Kier alpha value is -0.580. The first-order chi connectivity index (χ1) is 8.83. The summed E-state index contributed by atoms with van der Waals surface area (Å²) >= 11 is 8.19. The Bertz CT molecular complexity index is 435. The van der Waals surface area contributed by atoms with Crippen LogP contribution in [0.15, 0.2) is 12.1 Å². The highest BCUT2D eigenvalue weighted by molar-refractivity contribution is 7.99. The number of thioether (sulfide) groups is 1. The third-order valence-electron chi connectivity index (χ3n) is 3.27. The minimum Gasteiger partial charge on any atom is -0.454 e. The maximum Gasteiger partial charge on any atom is 0.231 e. The van der Waals surface area contributed by atoms with Crippen molar-refractivity contribution in [3.63, 3.8) is 0 Å². The van der Waals surface area contributed by atoms with E-state index in [-0.39, 0.29) is 6.79 Å². The lowest BCUT2D eigenvalue weighted by molar-refractivity contribution is 0.174. The quantitative estimate of drug-likeness (QED) is 0.921. The molecule has 18 heavy (non-hydrogen) atoms. The molecule has 0 amide bonds. The van der Waals surface area contributed by atoms with Gasteiger partial charge in [-0.2, -0.15) is 11.8 Å². The van der Waals surface area contributed by atoms with E-state index in [1.54, 1.807) is 0 Å². The van der Waals surface area contributed by atoms with Crippen LogP contribution in [-0.4, -0.2) is 24.8 Å². The largest absolute Gasteiger partial charge is 0.454 e. The van der Waals surface area contributed by atoms with Gasteiger partial charge >= 0.3 is 0 Å². The highest BCUT2D eigenvalue weighted by Gasteiger charge is 2.18. The molecule has 1 saturated heterocycles. The third-order valence-corrected chi connectivity index (χ3v) is 4.79. The lowest BCUT2D eigenvalue weighted by Gasteiger charge is -2.10. The Morgan fingerprint density at radius 3 is 3.17 bits per heavy atom. The van der Waals surface area contributed by atoms with Gasteiger partial charge < -0.3 is 14.8 Å². The highest BCUT2D eigenvalue weighted by Crippen LogP contribution is 2.39. The van der Waals surface area contributed by atoms with E-state index in [1.807, 2.05) is 23.9 Å². The van der Waals surface area contributed by atoms with Crippen LogP contribution in [0.25, 0.3) is 0 Å². The first-order valence-corrected chi connectivity index (χ1v) is 7.72. The lowest BCUT2D eigenvalue weighted by Crippen LogP contribution is -2.22. The summed E-state index contributed by atoms with van der Waals surface area (Å²) in [5.41, 5.74) is 1.15. The SMILES string of the molecule is Clc1cc(CNCC2CCSC2)cc2c1OCO2. The number of hydrogen-bond donors (Lipinski definition) is 1. The van der Waals surface area contributed by atoms with Gasteiger partial charge in [0.2, 0.25) is 6.79 Å². The normalized spacial score (nSPS) is 21.5. The van der Waals surface area contributed by atoms with Crippen molar-refractivity contribution >= 4 is 23.4 Å². The van der Waals surface area contributed by atoms with Gasteiger partial charge in [-0.15, -0.1) is 0 Å². The number of rotatable bonds is 4. The minimum absolute atomic E-state index is 0.269. The maximum atomic E-state index is 6.14. The Labute approximate surface area is 116 Å². The van der Waals surface area contributed by atoms with Crippen LogP contribution in [-0.2, 0) is 6.54 Å². The fourth-order valence-corrected chi connectivity index (χ4v) is 3.86. The fourth-order valence-electron chi connectivity index (χ4n) is 2.29. The molecule has 1 fully saturated rings. The molecule has 98 valence electrons. The molecule has 1 aromatic carbocycles. The molecule has 0 aromatic heterocycles. The van der Waals surface area contributed by atoms with Gasteiger partial charge in [0.1, 0.15) is 0 Å². The average molecular weight is 286 g/mol. The highest BCUT2D eigenvalue weighted by atomic mass is 35.5. The van der Waals surface area contributed by atoms with Crippen molar-refractivity contribution in [3.8, 4) is 11.5 Å². The number of benzene rings is 1. The van der Waals surface area contributed by atoms with Gasteiger partial charge in [0.05, 0.1) is 5.02 Å². The standard InChI is InChI=1S/C13H16ClNO2S/c14-11-3-10(4-12-13(11)17-8-16-12)6-15-5-9-1-2-18-7-9/h3-4,9,15H,1-2,5-8H2. The molecule has 3 rings (SSSR count). The van der Waals surface area contributed by atoms with E-state index in [0.717, 1.165) is 30.3 Å². The number of halogens is 1. The number of fused-ring (bicyclic) bond motifs is 1. The van der Waals surface area contributed by atoms with E-state index >= 15 is 0 Å². The Balaban J connectivity index is 1.57. The van der Waals surface area contributed by atoms with Crippen molar-refractivity contribution in [1.29, 1.82) is 0 Å². The average Bonchev–Trinajstić information content (AvgIpc) is 2.99. The van der Waals surface area contributed by atoms with Gasteiger partial charge in [-0.3, -0.25) is 0 Å². The molecule has 1 N–H and O–H groups in total. The summed E-state index contributed by atoms with van der Waals surface area (Å²) in [5, 5.41) is 4.13. The second-order valence-electron chi connectivity index (χ2n) is 4.67. The van der Waals surface area contributed by atoms with Gasteiger partial charge in [0.15, 0.2) is 11.5 Å². The smallest absolute Gasteiger partial charge is 0.231 e. The van der Waals surface area contributed by atoms with Crippen LogP contribution in [0.4, 0.5) is 0 Å². The van der Waals surface area contributed by atoms with Crippen LogP contribution >= 0.6 is 23.4 Å². The molecule has 2 heterocycles. The zero-order valence-electron chi connectivity index (χ0n) is 10.1. The predicted molar refractivity (Wildman–Crippen MR) is 74.7 cm³/mol. The van der Waals surface area contributed by atoms with Crippen molar-refractivity contribution in [1.82, 2.24) is 5.32 Å². The first-order valence-electron chi connectivity index (χ1n) is 6.19. The van der Waals surface area contributed by atoms with E-state index in [9.17, 15) is 0 Å². The molecule has 2 aliphatic rings. The van der Waals surface area contributed by atoms with Crippen LogP contribution in [0, 0.1) is 5.92 Å². The molecule has 1 unspecified atom stereocenters. The zero-order valence-corrected chi connectivity index (χ0v) is 11.6. The summed E-state index contributed by atoms with van der Waals surface area (Å²) in [6.07, 6.45) is 1.33. The molecule has 5 heteroatoms. The summed E-state index contributed by atoms with van der Waals surface area (Å²) in [7, 11) is 0. The fraction of sp³-hybridized carbons (Fsp3) is 0.538. The van der Waals surface area contributed by atoms with E-state index in [2.05, 4.69) is 5.32 Å². The number of nitrogens with one attached hydrogen (secondary N) is 1. The zero-order chi connectivity index (χ0) is 12.4. The predicted octanol–water partition coefficient (Wildman–Crippen LogP) is 2.91. The molecule has 1 atom stereocenters. The minimum atomic E-state index is 0.269. The van der Waals surface area contributed by atoms with Crippen LogP contribution in [0.5, 0.6) is 11.5 Å². The summed E-state index contributed by atoms with van der Waals surface area (Å²) in [4.78, 5) is 0. The van der Waals surface area contributed by atoms with Gasteiger partial charge in [0.25, 0.3) is 0 Å². The van der Waals surface area contributed by atoms with Crippen LogP contribution in [0.2, 0.25) is 5.02 Å². The van der Waals surface area contributed by atoms with Crippen molar-refractivity contribution in [3.05, 3.63) is 22.7 Å². The van der Waals surface area contributed by atoms with Crippen LogP contribution in [0.1, 0.15) is 12.0 Å². The molecule has 0 saturated carbocycles. The van der Waals surface area contributed by atoms with Gasteiger partial charge in [-0.25, -0.2) is 0 Å². The molecule has 0 bridgehead atoms. The Kier molecular flexibility index (Phi) is 3.87. The van der Waals surface area contributed by atoms with Gasteiger partial charge in [-0.05, 0) is 48.1 Å². The van der Waals surface area contributed by atoms with Crippen LogP contribution < -0.4 is 14.8 Å². The first kappa shape index (κ1) is 12.5. The number of ether oxygens (including phenoxy) is 2. The lowest BCUT2D eigenvalue weighted by atomic mass is 10.1. The van der Waals surface area contributed by atoms with E-state index in [4.69, 9.17) is 21.1 Å². The molecule has 2 aliphatic heterocycles. The topological polar surface area (TPSA) is 30.5 Å². The van der Waals surface area contributed by atoms with Crippen molar-refractivity contribution in [2.24, 2.45) is 5.92 Å². The molecular formula is C13H16ClNO2S. The van der Waals surface area contributed by atoms with Crippen molar-refractivity contribution < 1.29 is 9.47 Å². The summed E-state index contributed by atoms with van der Waals surface area (Å²) < 4.78 is 10.7. The molecule has 0 spiro atoms. The monoisotopic (exact) mass is 285 g/mol. The van der Waals surface area contributed by atoms with Crippen LogP contribution in [0.3, 0.4) is 0 Å². The third kappa shape index (κ3) is 2.71. The van der Waals surface area contributed by atoms with E-state index in [1.165, 1.54) is 17.9 Å². The van der Waals surface area contributed by atoms with Gasteiger partial charge in [0, 0.05) is 6.54 Å². The van der Waals surface area contributed by atoms with Crippen molar-refractivity contribution in [2.45, 2.75) is 13.0 Å². The molecule has 0 aliphatic carbocycles. The summed E-state index contributed by atoms with van der Waals surface area (Å²) in [6, 6.07) is 3.95. The summed E-state index contributed by atoms with van der Waals surface area (Å²) in [5.74, 6) is 4.85. The van der Waals surface area contributed by atoms with Crippen molar-refractivity contribution in [2.75, 3.05) is 24.8 Å². The second kappa shape index (κ2) is 5.59. The van der Waals surface area contributed by atoms with Gasteiger partial charge in [-0.1, -0.05) is 11.6 Å². The molecule has 3 nitrogen and oxygen atoms in total. The maximum absolute atomic E-state index is 6.14. The summed E-state index contributed by atoms with van der Waals surface area (Å²) in [6.45, 7) is 2.18. The molecular weight excluding hydrogens is 270 g/mol.